The first-order valence-corrected chi connectivity index (χ1v) is 9.03. The fraction of sp³-hybridized carbons (Fsp3) is 0.0435. The first-order chi connectivity index (χ1) is 14.2. The predicted molar refractivity (Wildman–Crippen MR) is 108 cm³/mol. The van der Waals surface area contributed by atoms with E-state index in [4.69, 9.17) is 13.9 Å². The van der Waals surface area contributed by atoms with Crippen molar-refractivity contribution < 1.29 is 18.7 Å². The van der Waals surface area contributed by atoms with E-state index in [2.05, 4.69) is 5.32 Å². The van der Waals surface area contributed by atoms with Gasteiger partial charge in [-0.25, -0.2) is 4.79 Å². The average molecular weight is 385 g/mol. The zero-order valence-corrected chi connectivity index (χ0v) is 15.2. The minimum absolute atomic E-state index is 0.0439. The van der Waals surface area contributed by atoms with Gasteiger partial charge in [-0.15, -0.1) is 0 Å². The Morgan fingerprint density at radius 2 is 1.55 bits per heavy atom. The van der Waals surface area contributed by atoms with E-state index < -0.39 is 11.5 Å². The van der Waals surface area contributed by atoms with Gasteiger partial charge in [0.15, 0.2) is 11.5 Å². The van der Waals surface area contributed by atoms with Crippen LogP contribution in [0.5, 0.6) is 11.5 Å². The fourth-order valence-corrected chi connectivity index (χ4v) is 3.41. The number of amides is 1. The number of benzene rings is 3. The Kier molecular flexibility index (Phi) is 4.02. The van der Waals surface area contributed by atoms with Gasteiger partial charge in [-0.05, 0) is 23.8 Å². The van der Waals surface area contributed by atoms with Crippen molar-refractivity contribution in [2.45, 2.75) is 0 Å². The molecule has 0 saturated carbocycles. The maximum Gasteiger partial charge on any atom is 0.344 e. The van der Waals surface area contributed by atoms with Crippen LogP contribution >= 0.6 is 0 Å². The van der Waals surface area contributed by atoms with E-state index in [0.717, 1.165) is 5.56 Å². The Morgan fingerprint density at radius 1 is 0.828 bits per heavy atom. The molecule has 1 aliphatic heterocycles. The molecule has 0 bridgehead atoms. The molecule has 1 aromatic heterocycles. The summed E-state index contributed by atoms with van der Waals surface area (Å²) >= 11 is 0. The summed E-state index contributed by atoms with van der Waals surface area (Å²) in [6.45, 7) is 0.143. The van der Waals surface area contributed by atoms with Crippen molar-refractivity contribution >= 4 is 22.4 Å². The maximum absolute atomic E-state index is 13.1. The number of nitrogens with one attached hydrogen (secondary N) is 1. The number of hydrogen-bond donors (Lipinski definition) is 1. The molecule has 6 nitrogen and oxygen atoms in total. The van der Waals surface area contributed by atoms with Gasteiger partial charge in [0.2, 0.25) is 12.6 Å². The van der Waals surface area contributed by atoms with Crippen molar-refractivity contribution in [2.75, 3.05) is 12.1 Å². The highest BCUT2D eigenvalue weighted by Crippen LogP contribution is 2.35. The molecule has 5 rings (SSSR count). The van der Waals surface area contributed by atoms with E-state index in [-0.39, 0.29) is 12.6 Å². The van der Waals surface area contributed by atoms with Gasteiger partial charge in [-0.3, -0.25) is 4.79 Å². The zero-order chi connectivity index (χ0) is 19.8. The average Bonchev–Trinajstić information content (AvgIpc) is 3.22. The third-order valence-corrected chi connectivity index (χ3v) is 4.74. The zero-order valence-electron chi connectivity index (χ0n) is 15.2. The summed E-state index contributed by atoms with van der Waals surface area (Å²) in [5.41, 5.74) is 1.30. The molecule has 1 aliphatic rings. The highest BCUT2D eigenvalue weighted by molar-refractivity contribution is 6.11. The molecule has 6 heteroatoms. The van der Waals surface area contributed by atoms with Crippen molar-refractivity contribution in [1.82, 2.24) is 0 Å². The normalized spacial score (nSPS) is 12.1. The van der Waals surface area contributed by atoms with Crippen LogP contribution in [0.1, 0.15) is 10.6 Å². The number of carbonyl (C=O) groups is 1. The lowest BCUT2D eigenvalue weighted by Crippen LogP contribution is -2.16. The van der Waals surface area contributed by atoms with Crippen molar-refractivity contribution in [1.29, 1.82) is 0 Å². The van der Waals surface area contributed by atoms with Crippen LogP contribution in [-0.2, 0) is 0 Å². The third-order valence-electron chi connectivity index (χ3n) is 4.74. The lowest BCUT2D eigenvalue weighted by molar-refractivity contribution is 0.0994. The number of rotatable bonds is 3. The molecule has 29 heavy (non-hydrogen) atoms. The quantitative estimate of drug-likeness (QED) is 0.564. The SMILES string of the molecule is O=C(Nc1ccc2c(c1)OCO2)c1oc(=O)c2ccccc2c1-c1ccccc1. The smallest absolute Gasteiger partial charge is 0.344 e. The summed E-state index contributed by atoms with van der Waals surface area (Å²) in [6.07, 6.45) is 0. The molecule has 0 aliphatic carbocycles. The van der Waals surface area contributed by atoms with Crippen LogP contribution in [0.25, 0.3) is 21.9 Å². The van der Waals surface area contributed by atoms with Crippen molar-refractivity contribution in [3.05, 3.63) is 89.0 Å². The van der Waals surface area contributed by atoms with E-state index in [1.165, 1.54) is 0 Å². The summed E-state index contributed by atoms with van der Waals surface area (Å²) < 4.78 is 16.1. The number of ether oxygens (including phenoxy) is 2. The second kappa shape index (κ2) is 6.83. The molecule has 0 unspecified atom stereocenters. The summed E-state index contributed by atoms with van der Waals surface area (Å²) in [4.78, 5) is 25.6. The topological polar surface area (TPSA) is 77.8 Å². The standard InChI is InChI=1S/C23H15NO5/c25-22(24-15-10-11-18-19(12-15)28-13-27-18)21-20(14-6-2-1-3-7-14)16-8-4-5-9-17(16)23(26)29-21/h1-12H,13H2,(H,24,25). The molecule has 0 saturated heterocycles. The van der Waals surface area contributed by atoms with E-state index in [9.17, 15) is 9.59 Å². The molecule has 142 valence electrons. The Morgan fingerprint density at radius 3 is 2.38 bits per heavy atom. The summed E-state index contributed by atoms with van der Waals surface area (Å²) in [5.74, 6) is 0.597. The van der Waals surface area contributed by atoms with E-state index in [1.54, 1.807) is 30.3 Å². The second-order valence-electron chi connectivity index (χ2n) is 6.53. The fourth-order valence-electron chi connectivity index (χ4n) is 3.41. The second-order valence-corrected chi connectivity index (χ2v) is 6.53. The highest BCUT2D eigenvalue weighted by atomic mass is 16.7. The molecule has 1 N–H and O–H groups in total. The molecule has 1 amide bonds. The molecule has 2 heterocycles. The van der Waals surface area contributed by atoms with Gasteiger partial charge < -0.3 is 19.2 Å². The Hall–Kier alpha value is -4.06. The maximum atomic E-state index is 13.1. The van der Waals surface area contributed by atoms with Gasteiger partial charge in [0.05, 0.1) is 5.39 Å². The van der Waals surface area contributed by atoms with Crippen LogP contribution in [0.15, 0.2) is 82.0 Å². The minimum Gasteiger partial charge on any atom is -0.454 e. The van der Waals surface area contributed by atoms with Gasteiger partial charge in [-0.1, -0.05) is 48.5 Å². The lowest BCUT2D eigenvalue weighted by Gasteiger charge is -2.12. The van der Waals surface area contributed by atoms with Gasteiger partial charge in [-0.2, -0.15) is 0 Å². The van der Waals surface area contributed by atoms with Crippen molar-refractivity contribution in [3.63, 3.8) is 0 Å². The van der Waals surface area contributed by atoms with Gasteiger partial charge in [0, 0.05) is 22.7 Å². The van der Waals surface area contributed by atoms with Crippen LogP contribution < -0.4 is 20.4 Å². The van der Waals surface area contributed by atoms with Crippen molar-refractivity contribution in [3.8, 4) is 22.6 Å². The molecule has 0 fully saturated rings. The molecule has 3 aromatic carbocycles. The lowest BCUT2D eigenvalue weighted by atomic mass is 9.98. The molecule has 0 spiro atoms. The first-order valence-electron chi connectivity index (χ1n) is 9.03. The van der Waals surface area contributed by atoms with E-state index >= 15 is 0 Å². The van der Waals surface area contributed by atoms with E-state index in [0.29, 0.717) is 33.5 Å². The van der Waals surface area contributed by atoms with Gasteiger partial charge in [0.25, 0.3) is 5.91 Å². The van der Waals surface area contributed by atoms with E-state index in [1.807, 2.05) is 42.5 Å². The van der Waals surface area contributed by atoms with Crippen LogP contribution in [0.3, 0.4) is 0 Å². The summed E-state index contributed by atoms with van der Waals surface area (Å²) in [6, 6.07) is 21.5. The Labute approximate surface area is 165 Å². The highest BCUT2D eigenvalue weighted by Gasteiger charge is 2.22. The third kappa shape index (κ3) is 3.00. The molecule has 4 aromatic rings. The number of hydrogen-bond acceptors (Lipinski definition) is 5. The molecular formula is C23H15NO5. The number of anilines is 1. The van der Waals surface area contributed by atoms with Crippen LogP contribution in [-0.4, -0.2) is 12.7 Å². The Bertz CT molecular complexity index is 1290. The van der Waals surface area contributed by atoms with Crippen molar-refractivity contribution in [2.24, 2.45) is 0 Å². The summed E-state index contributed by atoms with van der Waals surface area (Å²) in [7, 11) is 0. The molecule has 0 radical (unpaired) electrons. The van der Waals surface area contributed by atoms with Crippen LogP contribution in [0.4, 0.5) is 5.69 Å². The monoisotopic (exact) mass is 385 g/mol. The number of carbonyl (C=O) groups excluding carboxylic acids is 1. The predicted octanol–water partition coefficient (Wildman–Crippen LogP) is 4.44. The number of fused-ring (bicyclic) bond motifs is 2. The summed E-state index contributed by atoms with van der Waals surface area (Å²) in [5, 5.41) is 3.86. The molecule has 0 atom stereocenters. The first kappa shape index (κ1) is 17.1. The van der Waals surface area contributed by atoms with Gasteiger partial charge in [0.1, 0.15) is 0 Å². The minimum atomic E-state index is -0.559. The van der Waals surface area contributed by atoms with Crippen LogP contribution in [0.2, 0.25) is 0 Å². The Balaban J connectivity index is 1.64. The van der Waals surface area contributed by atoms with Gasteiger partial charge >= 0.3 is 5.63 Å². The molecular weight excluding hydrogens is 370 g/mol. The van der Waals surface area contributed by atoms with Crippen LogP contribution in [0, 0.1) is 0 Å². The largest absolute Gasteiger partial charge is 0.454 e.